The van der Waals surface area contributed by atoms with Crippen LogP contribution in [0.4, 0.5) is 10.5 Å². The van der Waals surface area contributed by atoms with E-state index < -0.39 is 17.7 Å². The van der Waals surface area contributed by atoms with Crippen molar-refractivity contribution in [2.45, 2.75) is 33.3 Å². The summed E-state index contributed by atoms with van der Waals surface area (Å²) < 4.78 is 5.22. The Morgan fingerprint density at radius 3 is 2.61 bits per heavy atom. The molecule has 0 saturated carbocycles. The number of aromatic amines is 1. The predicted molar refractivity (Wildman–Crippen MR) is 85.6 cm³/mol. The zero-order chi connectivity index (χ0) is 17.2. The van der Waals surface area contributed by atoms with Gasteiger partial charge >= 0.3 is 12.1 Å². The summed E-state index contributed by atoms with van der Waals surface area (Å²) in [6, 6.07) is 5.23. The topological polar surface area (TPSA) is 104 Å². The Morgan fingerprint density at radius 1 is 1.30 bits per heavy atom. The number of amides is 1. The third-order valence-corrected chi connectivity index (χ3v) is 3.03. The van der Waals surface area contributed by atoms with Gasteiger partial charge in [0.1, 0.15) is 11.2 Å². The predicted octanol–water partition coefficient (Wildman–Crippen LogP) is 3.43. The molecule has 0 atom stereocenters. The lowest BCUT2D eigenvalue weighted by Crippen LogP contribution is -2.27. The third kappa shape index (κ3) is 4.09. The highest BCUT2D eigenvalue weighted by Crippen LogP contribution is 2.27. The number of rotatable bonds is 3. The van der Waals surface area contributed by atoms with Crippen LogP contribution >= 0.6 is 0 Å². The fraction of sp³-hybridized carbons (Fsp3) is 0.312. The number of ether oxygens (including phenoxy) is 1. The van der Waals surface area contributed by atoms with E-state index in [2.05, 4.69) is 15.5 Å². The van der Waals surface area contributed by atoms with Crippen molar-refractivity contribution in [1.29, 1.82) is 0 Å². The molecule has 0 fully saturated rings. The summed E-state index contributed by atoms with van der Waals surface area (Å²) in [5, 5.41) is 18.3. The number of aromatic carboxylic acids is 1. The Hall–Kier alpha value is -2.83. The van der Waals surface area contributed by atoms with E-state index >= 15 is 0 Å². The van der Waals surface area contributed by atoms with E-state index in [0.29, 0.717) is 16.9 Å². The number of aryl methyl sites for hydroxylation is 1. The summed E-state index contributed by atoms with van der Waals surface area (Å²) in [4.78, 5) is 23.1. The molecular formula is C16H19N3O4. The third-order valence-electron chi connectivity index (χ3n) is 3.03. The first-order valence-corrected chi connectivity index (χ1v) is 7.05. The average Bonchev–Trinajstić information content (AvgIpc) is 2.88. The molecule has 1 amide bonds. The Bertz CT molecular complexity index is 744. The maximum atomic E-state index is 11.9. The van der Waals surface area contributed by atoms with Gasteiger partial charge in [0, 0.05) is 11.3 Å². The summed E-state index contributed by atoms with van der Waals surface area (Å²) in [6.07, 6.45) is 0.680. The molecule has 0 aliphatic rings. The van der Waals surface area contributed by atoms with Gasteiger partial charge in [-0.2, -0.15) is 5.10 Å². The maximum Gasteiger partial charge on any atom is 0.412 e. The van der Waals surface area contributed by atoms with Crippen LogP contribution < -0.4 is 5.32 Å². The van der Waals surface area contributed by atoms with Gasteiger partial charge in [-0.15, -0.1) is 0 Å². The number of hydrogen-bond donors (Lipinski definition) is 3. The summed E-state index contributed by atoms with van der Waals surface area (Å²) in [6.45, 7) is 7.17. The van der Waals surface area contributed by atoms with Crippen LogP contribution in [0.2, 0.25) is 0 Å². The Kier molecular flexibility index (Phi) is 4.40. The minimum atomic E-state index is -1.07. The monoisotopic (exact) mass is 317 g/mol. The van der Waals surface area contributed by atoms with Gasteiger partial charge in [0.05, 0.1) is 11.9 Å². The van der Waals surface area contributed by atoms with Gasteiger partial charge in [0.25, 0.3) is 0 Å². The molecule has 0 unspecified atom stereocenters. The Balaban J connectivity index is 2.31. The molecule has 0 aliphatic carbocycles. The van der Waals surface area contributed by atoms with Crippen molar-refractivity contribution >= 4 is 17.7 Å². The number of benzene rings is 1. The number of carbonyl (C=O) groups excluding carboxylic acids is 1. The SMILES string of the molecule is Cc1ccc(-c2[nH]ncc2C(=O)O)cc1NC(=O)OC(C)(C)C. The lowest BCUT2D eigenvalue weighted by molar-refractivity contribution is 0.0634. The van der Waals surface area contributed by atoms with Gasteiger partial charge in [-0.3, -0.25) is 10.4 Å². The molecule has 122 valence electrons. The van der Waals surface area contributed by atoms with E-state index in [1.807, 2.05) is 6.92 Å². The van der Waals surface area contributed by atoms with Crippen molar-refractivity contribution in [3.8, 4) is 11.3 Å². The van der Waals surface area contributed by atoms with Gasteiger partial charge in [0.15, 0.2) is 0 Å². The van der Waals surface area contributed by atoms with Crippen molar-refractivity contribution in [3.63, 3.8) is 0 Å². The minimum Gasteiger partial charge on any atom is -0.478 e. The second kappa shape index (κ2) is 6.12. The highest BCUT2D eigenvalue weighted by molar-refractivity contribution is 5.95. The van der Waals surface area contributed by atoms with Gasteiger partial charge in [-0.25, -0.2) is 9.59 Å². The first-order chi connectivity index (χ1) is 10.7. The second-order valence-electron chi connectivity index (χ2n) is 6.12. The van der Waals surface area contributed by atoms with Crippen molar-refractivity contribution in [1.82, 2.24) is 10.2 Å². The summed E-state index contributed by atoms with van der Waals surface area (Å²) in [5.74, 6) is -1.07. The number of carboxylic acid groups (broad SMARTS) is 1. The van der Waals surface area contributed by atoms with E-state index in [1.165, 1.54) is 6.20 Å². The summed E-state index contributed by atoms with van der Waals surface area (Å²) in [7, 11) is 0. The molecule has 7 heteroatoms. The number of anilines is 1. The van der Waals surface area contributed by atoms with E-state index in [0.717, 1.165) is 5.56 Å². The van der Waals surface area contributed by atoms with E-state index in [4.69, 9.17) is 9.84 Å². The number of H-pyrrole nitrogens is 1. The zero-order valence-corrected chi connectivity index (χ0v) is 13.4. The molecule has 2 aromatic rings. The molecule has 0 bridgehead atoms. The maximum absolute atomic E-state index is 11.9. The molecule has 0 aliphatic heterocycles. The number of carboxylic acids is 1. The molecule has 1 aromatic heterocycles. The summed E-state index contributed by atoms with van der Waals surface area (Å²) >= 11 is 0. The highest BCUT2D eigenvalue weighted by Gasteiger charge is 2.18. The second-order valence-corrected chi connectivity index (χ2v) is 6.12. The van der Waals surface area contributed by atoms with Crippen molar-refractivity contribution < 1.29 is 19.4 Å². The first-order valence-electron chi connectivity index (χ1n) is 7.05. The van der Waals surface area contributed by atoms with Gasteiger partial charge in [-0.05, 0) is 39.3 Å². The average molecular weight is 317 g/mol. The van der Waals surface area contributed by atoms with Crippen LogP contribution in [0.1, 0.15) is 36.7 Å². The molecule has 7 nitrogen and oxygen atoms in total. The van der Waals surface area contributed by atoms with Gasteiger partial charge < -0.3 is 9.84 Å². The zero-order valence-electron chi connectivity index (χ0n) is 13.4. The Labute approximate surface area is 133 Å². The highest BCUT2D eigenvalue weighted by atomic mass is 16.6. The lowest BCUT2D eigenvalue weighted by Gasteiger charge is -2.20. The molecule has 0 radical (unpaired) electrons. The van der Waals surface area contributed by atoms with Crippen LogP contribution in [0.25, 0.3) is 11.3 Å². The van der Waals surface area contributed by atoms with Gasteiger partial charge in [-0.1, -0.05) is 12.1 Å². The molecule has 1 aromatic carbocycles. The van der Waals surface area contributed by atoms with Crippen LogP contribution in [0, 0.1) is 6.92 Å². The smallest absolute Gasteiger partial charge is 0.412 e. The van der Waals surface area contributed by atoms with Crippen molar-refractivity contribution in [2.75, 3.05) is 5.32 Å². The minimum absolute atomic E-state index is 0.0667. The van der Waals surface area contributed by atoms with Crippen molar-refractivity contribution in [3.05, 3.63) is 35.5 Å². The fourth-order valence-electron chi connectivity index (χ4n) is 1.99. The molecular weight excluding hydrogens is 298 g/mol. The molecule has 2 rings (SSSR count). The quantitative estimate of drug-likeness (QED) is 0.804. The number of nitrogens with zero attached hydrogens (tertiary/aromatic N) is 1. The number of hydrogen-bond acceptors (Lipinski definition) is 4. The van der Waals surface area contributed by atoms with Crippen LogP contribution in [0.15, 0.2) is 24.4 Å². The molecule has 0 spiro atoms. The van der Waals surface area contributed by atoms with E-state index in [1.54, 1.807) is 39.0 Å². The molecule has 3 N–H and O–H groups in total. The number of nitrogens with one attached hydrogen (secondary N) is 2. The molecule has 23 heavy (non-hydrogen) atoms. The lowest BCUT2D eigenvalue weighted by atomic mass is 10.0. The number of carbonyl (C=O) groups is 2. The van der Waals surface area contributed by atoms with Crippen LogP contribution in [-0.2, 0) is 4.74 Å². The molecule has 1 heterocycles. The summed E-state index contributed by atoms with van der Waals surface area (Å²) in [5.41, 5.74) is 1.83. The van der Waals surface area contributed by atoms with Crippen LogP contribution in [0.5, 0.6) is 0 Å². The number of aromatic nitrogens is 2. The largest absolute Gasteiger partial charge is 0.478 e. The standard InChI is InChI=1S/C16H19N3O4/c1-9-5-6-10(13-11(14(20)21)8-17-19-13)7-12(9)18-15(22)23-16(2,3)4/h5-8H,1-4H3,(H,17,19)(H,18,22)(H,20,21). The normalized spacial score (nSPS) is 11.1. The van der Waals surface area contributed by atoms with Crippen molar-refractivity contribution in [2.24, 2.45) is 0 Å². The van der Waals surface area contributed by atoms with Crippen LogP contribution in [-0.4, -0.2) is 33.0 Å². The van der Waals surface area contributed by atoms with Crippen LogP contribution in [0.3, 0.4) is 0 Å². The van der Waals surface area contributed by atoms with E-state index in [-0.39, 0.29) is 5.56 Å². The van der Waals surface area contributed by atoms with E-state index in [9.17, 15) is 9.59 Å². The first kappa shape index (κ1) is 16.5. The van der Waals surface area contributed by atoms with Gasteiger partial charge in [0.2, 0.25) is 0 Å². The Morgan fingerprint density at radius 2 is 2.00 bits per heavy atom. The molecule has 0 saturated heterocycles. The fourth-order valence-corrected chi connectivity index (χ4v) is 1.99.